The Hall–Kier alpha value is -3.26. The van der Waals surface area contributed by atoms with Crippen molar-refractivity contribution in [2.45, 2.75) is 6.42 Å². The Labute approximate surface area is 146 Å². The van der Waals surface area contributed by atoms with Gasteiger partial charge in [-0.25, -0.2) is 0 Å². The van der Waals surface area contributed by atoms with E-state index in [1.165, 1.54) is 38.9 Å². The maximum absolute atomic E-state index is 4.55. The molecule has 4 aromatic rings. The fraction of sp³-hybridized carbons (Fsp3) is 0.0435. The van der Waals surface area contributed by atoms with E-state index in [1.807, 2.05) is 30.7 Å². The van der Waals surface area contributed by atoms with Crippen LogP contribution in [0.25, 0.3) is 33.5 Å². The van der Waals surface area contributed by atoms with Gasteiger partial charge >= 0.3 is 0 Å². The molecule has 0 unspecified atom stereocenters. The van der Waals surface area contributed by atoms with E-state index in [2.05, 4.69) is 64.6 Å². The lowest BCUT2D eigenvalue weighted by Gasteiger charge is -2.08. The van der Waals surface area contributed by atoms with Gasteiger partial charge in [-0.2, -0.15) is 0 Å². The summed E-state index contributed by atoms with van der Waals surface area (Å²) in [7, 11) is 0. The SMILES string of the molecule is c1ccc(-c2cccc3c2Cc2ccc(-c4ccncc4)cc2-3)nc1. The van der Waals surface area contributed by atoms with Crippen LogP contribution in [0.2, 0.25) is 0 Å². The first-order chi connectivity index (χ1) is 12.4. The number of hydrogen-bond acceptors (Lipinski definition) is 2. The van der Waals surface area contributed by atoms with Crippen LogP contribution in [-0.2, 0) is 6.42 Å². The van der Waals surface area contributed by atoms with Crippen molar-refractivity contribution in [1.29, 1.82) is 0 Å². The van der Waals surface area contributed by atoms with E-state index in [9.17, 15) is 0 Å². The lowest BCUT2D eigenvalue weighted by Crippen LogP contribution is -1.89. The molecule has 0 amide bonds. The molecule has 1 aliphatic rings. The Kier molecular flexibility index (Phi) is 3.20. The zero-order valence-corrected chi connectivity index (χ0v) is 13.7. The third kappa shape index (κ3) is 2.34. The van der Waals surface area contributed by atoms with Crippen molar-refractivity contribution in [2.75, 3.05) is 0 Å². The van der Waals surface area contributed by atoms with Gasteiger partial charge in [0, 0.05) is 24.2 Å². The first-order valence-corrected chi connectivity index (χ1v) is 8.47. The van der Waals surface area contributed by atoms with Crippen molar-refractivity contribution >= 4 is 0 Å². The largest absolute Gasteiger partial charge is 0.265 e. The summed E-state index contributed by atoms with van der Waals surface area (Å²) >= 11 is 0. The summed E-state index contributed by atoms with van der Waals surface area (Å²) in [4.78, 5) is 8.67. The quantitative estimate of drug-likeness (QED) is 0.436. The van der Waals surface area contributed by atoms with Crippen molar-refractivity contribution < 1.29 is 0 Å². The van der Waals surface area contributed by atoms with Gasteiger partial charge in [-0.05, 0) is 70.1 Å². The highest BCUT2D eigenvalue weighted by atomic mass is 14.7. The summed E-state index contributed by atoms with van der Waals surface area (Å²) in [5.74, 6) is 0. The average molecular weight is 320 g/mol. The second-order valence-electron chi connectivity index (χ2n) is 6.33. The number of nitrogens with zero attached hydrogens (tertiary/aromatic N) is 2. The zero-order chi connectivity index (χ0) is 16.6. The van der Waals surface area contributed by atoms with E-state index in [1.54, 1.807) is 0 Å². The Morgan fingerprint density at radius 3 is 2.36 bits per heavy atom. The van der Waals surface area contributed by atoms with Crippen LogP contribution in [0.3, 0.4) is 0 Å². The highest BCUT2D eigenvalue weighted by Crippen LogP contribution is 2.42. The van der Waals surface area contributed by atoms with Gasteiger partial charge in [0.1, 0.15) is 0 Å². The van der Waals surface area contributed by atoms with E-state index in [0.29, 0.717) is 0 Å². The minimum Gasteiger partial charge on any atom is -0.265 e. The molecule has 0 aliphatic heterocycles. The summed E-state index contributed by atoms with van der Waals surface area (Å²) in [6.07, 6.45) is 6.51. The van der Waals surface area contributed by atoms with Crippen LogP contribution in [0.15, 0.2) is 85.3 Å². The van der Waals surface area contributed by atoms with Crippen molar-refractivity contribution in [3.05, 3.63) is 96.4 Å². The first-order valence-electron chi connectivity index (χ1n) is 8.47. The van der Waals surface area contributed by atoms with Gasteiger partial charge in [0.15, 0.2) is 0 Å². The molecule has 5 rings (SSSR count). The lowest BCUT2D eigenvalue weighted by molar-refractivity contribution is 1.24. The van der Waals surface area contributed by atoms with Crippen LogP contribution in [0.5, 0.6) is 0 Å². The topological polar surface area (TPSA) is 25.8 Å². The molecule has 2 aromatic carbocycles. The molecule has 2 heteroatoms. The molecule has 0 fully saturated rings. The Balaban J connectivity index is 1.66. The maximum atomic E-state index is 4.55. The minimum atomic E-state index is 0.966. The number of benzene rings is 2. The molecule has 0 spiro atoms. The van der Waals surface area contributed by atoms with Crippen molar-refractivity contribution in [2.24, 2.45) is 0 Å². The van der Waals surface area contributed by atoms with Crippen LogP contribution in [0.4, 0.5) is 0 Å². The van der Waals surface area contributed by atoms with Crippen LogP contribution < -0.4 is 0 Å². The second kappa shape index (κ2) is 5.67. The third-order valence-electron chi connectivity index (χ3n) is 4.90. The van der Waals surface area contributed by atoms with Gasteiger partial charge in [0.25, 0.3) is 0 Å². The number of pyridine rings is 2. The summed E-state index contributed by atoms with van der Waals surface area (Å²) in [6, 6.07) is 23.5. The molecule has 2 aromatic heterocycles. The molecule has 2 nitrogen and oxygen atoms in total. The van der Waals surface area contributed by atoms with E-state index < -0.39 is 0 Å². The zero-order valence-electron chi connectivity index (χ0n) is 13.7. The van der Waals surface area contributed by atoms with Gasteiger partial charge in [0.05, 0.1) is 5.69 Å². The maximum Gasteiger partial charge on any atom is 0.0705 e. The highest BCUT2D eigenvalue weighted by molar-refractivity contribution is 5.86. The van der Waals surface area contributed by atoms with E-state index in [0.717, 1.165) is 12.1 Å². The number of fused-ring (bicyclic) bond motifs is 3. The molecule has 2 heterocycles. The third-order valence-corrected chi connectivity index (χ3v) is 4.90. The van der Waals surface area contributed by atoms with Gasteiger partial charge in [-0.15, -0.1) is 0 Å². The number of hydrogen-bond donors (Lipinski definition) is 0. The van der Waals surface area contributed by atoms with Crippen LogP contribution in [-0.4, -0.2) is 9.97 Å². The fourth-order valence-corrected chi connectivity index (χ4v) is 3.69. The summed E-state index contributed by atoms with van der Waals surface area (Å²) < 4.78 is 0. The smallest absolute Gasteiger partial charge is 0.0705 e. The summed E-state index contributed by atoms with van der Waals surface area (Å²) in [5, 5.41) is 0. The van der Waals surface area contributed by atoms with Gasteiger partial charge < -0.3 is 0 Å². The molecule has 1 aliphatic carbocycles. The predicted molar refractivity (Wildman–Crippen MR) is 101 cm³/mol. The molecule has 0 atom stereocenters. The summed E-state index contributed by atoms with van der Waals surface area (Å²) in [6.45, 7) is 0. The standard InChI is InChI=1S/C23H16N2/c1-2-11-25-23(6-1)20-5-3-4-19-21-14-17(16-9-12-24-13-10-16)7-8-18(21)15-22(19)20/h1-14H,15H2. The Bertz CT molecular complexity index is 1050. The van der Waals surface area contributed by atoms with Crippen molar-refractivity contribution in [3.8, 4) is 33.5 Å². The predicted octanol–water partition coefficient (Wildman–Crippen LogP) is 5.38. The van der Waals surface area contributed by atoms with Gasteiger partial charge in [0.2, 0.25) is 0 Å². The summed E-state index contributed by atoms with van der Waals surface area (Å²) in [5.41, 5.74) is 10.1. The molecule has 0 saturated heterocycles. The number of aromatic nitrogens is 2. The fourth-order valence-electron chi connectivity index (χ4n) is 3.69. The van der Waals surface area contributed by atoms with Gasteiger partial charge in [-0.3, -0.25) is 9.97 Å². The molecular weight excluding hydrogens is 304 g/mol. The molecule has 0 bridgehead atoms. The van der Waals surface area contributed by atoms with Crippen molar-refractivity contribution in [3.63, 3.8) is 0 Å². The average Bonchev–Trinajstić information content (AvgIpc) is 3.07. The number of rotatable bonds is 2. The molecule has 0 radical (unpaired) electrons. The van der Waals surface area contributed by atoms with Crippen molar-refractivity contribution in [1.82, 2.24) is 9.97 Å². The molecular formula is C23H16N2. The Morgan fingerprint density at radius 1 is 0.640 bits per heavy atom. The normalized spacial score (nSPS) is 11.8. The minimum absolute atomic E-state index is 0.966. The van der Waals surface area contributed by atoms with Crippen LogP contribution in [0, 0.1) is 0 Å². The lowest BCUT2D eigenvalue weighted by atomic mass is 9.97. The monoisotopic (exact) mass is 320 g/mol. The van der Waals surface area contributed by atoms with Crippen LogP contribution in [0.1, 0.15) is 11.1 Å². The highest BCUT2D eigenvalue weighted by Gasteiger charge is 2.22. The molecule has 25 heavy (non-hydrogen) atoms. The molecule has 118 valence electrons. The Morgan fingerprint density at radius 2 is 1.52 bits per heavy atom. The molecule has 0 saturated carbocycles. The van der Waals surface area contributed by atoms with E-state index >= 15 is 0 Å². The van der Waals surface area contributed by atoms with E-state index in [4.69, 9.17) is 0 Å². The first kappa shape index (κ1) is 14.1. The molecule has 0 N–H and O–H groups in total. The van der Waals surface area contributed by atoms with E-state index in [-0.39, 0.29) is 0 Å². The van der Waals surface area contributed by atoms with Crippen LogP contribution >= 0.6 is 0 Å². The van der Waals surface area contributed by atoms with Gasteiger partial charge in [-0.1, -0.05) is 36.4 Å². The second-order valence-corrected chi connectivity index (χ2v) is 6.33.